The molecule has 0 saturated carbocycles. The van der Waals surface area contributed by atoms with Crippen LogP contribution in [0.15, 0.2) is 218 Å². The van der Waals surface area contributed by atoms with Crippen molar-refractivity contribution in [3.63, 3.8) is 0 Å². The van der Waals surface area contributed by atoms with Gasteiger partial charge in [0.25, 0.3) is 0 Å². The first kappa shape index (κ1) is 37.5. The SMILES string of the molecule is N#Cc1ccc(-c2cccc(-c3nc(-c4ccccc4)nc(-c4cccc(-c5ccc(-c6cc7ccc8cccc9c%10cccc%11ccc%12cccc(c(c6)c7c89)c%12c%11%10)cc5)c4)n3)c2)cc1. The normalized spacial score (nSPS) is 11.6. The van der Waals surface area contributed by atoms with Gasteiger partial charge in [-0.3, -0.25) is 0 Å². The van der Waals surface area contributed by atoms with Gasteiger partial charge in [0.15, 0.2) is 17.5 Å². The molecule has 0 atom stereocenters. The molecule has 12 aromatic carbocycles. The second kappa shape index (κ2) is 15.1. The molecular formula is C62H36N4. The Morgan fingerprint density at radius 3 is 1.17 bits per heavy atom. The number of aromatic nitrogens is 3. The number of benzene rings is 11. The quantitative estimate of drug-likeness (QED) is 0.157. The van der Waals surface area contributed by atoms with Crippen LogP contribution in [0.25, 0.3) is 132 Å². The molecule has 0 radical (unpaired) electrons. The first-order chi connectivity index (χ1) is 32.6. The molecule has 4 heteroatoms. The van der Waals surface area contributed by atoms with E-state index in [0.717, 1.165) is 44.5 Å². The van der Waals surface area contributed by atoms with Crippen molar-refractivity contribution in [3.05, 3.63) is 224 Å². The van der Waals surface area contributed by atoms with Crippen molar-refractivity contribution in [1.82, 2.24) is 15.0 Å². The summed E-state index contributed by atoms with van der Waals surface area (Å²) in [5.41, 5.74) is 9.88. The maximum absolute atomic E-state index is 9.34. The number of fused-ring (bicyclic) bond motifs is 2. The zero-order chi connectivity index (χ0) is 43.7. The molecule has 0 unspecified atom stereocenters. The molecular weight excluding hydrogens is 801 g/mol. The Morgan fingerprint density at radius 1 is 0.258 bits per heavy atom. The fourth-order valence-corrected chi connectivity index (χ4v) is 10.1. The van der Waals surface area contributed by atoms with E-state index >= 15 is 0 Å². The van der Waals surface area contributed by atoms with E-state index in [1.54, 1.807) is 0 Å². The second-order valence-corrected chi connectivity index (χ2v) is 17.1. The molecule has 1 aromatic heterocycles. The Balaban J connectivity index is 0.916. The largest absolute Gasteiger partial charge is 0.208 e. The number of hydrogen-bond donors (Lipinski definition) is 0. The number of hydrogen-bond acceptors (Lipinski definition) is 4. The van der Waals surface area contributed by atoms with Gasteiger partial charge in [-0.25, -0.2) is 15.0 Å². The molecule has 0 spiro atoms. The van der Waals surface area contributed by atoms with Gasteiger partial charge in [-0.15, -0.1) is 0 Å². The highest BCUT2D eigenvalue weighted by Gasteiger charge is 2.18. The smallest absolute Gasteiger partial charge is 0.164 e. The van der Waals surface area contributed by atoms with Gasteiger partial charge in [-0.2, -0.15) is 5.26 Å². The van der Waals surface area contributed by atoms with E-state index < -0.39 is 0 Å². The third kappa shape index (κ3) is 6.18. The van der Waals surface area contributed by atoms with E-state index in [1.807, 2.05) is 66.7 Å². The molecule has 0 aliphatic heterocycles. The summed E-state index contributed by atoms with van der Waals surface area (Å²) in [5.74, 6) is 1.80. The standard InChI is InChI=1S/C62H36N4/c63-37-38-21-23-39(24-22-38)46-14-4-16-49(33-46)61-64-60(45-9-2-1-3-10-45)65-62(66-61)50-17-5-15-47(34-50)40-25-27-41(28-26-40)51-35-48-32-31-44-12-7-19-53-52-18-6-11-42-29-30-43-13-8-20-54(58(43)56(42)52)55(36-51)59(48)57(44)53/h1-36H. The van der Waals surface area contributed by atoms with Crippen LogP contribution >= 0.6 is 0 Å². The van der Waals surface area contributed by atoms with E-state index in [2.05, 4.69) is 158 Å². The summed E-state index contributed by atoms with van der Waals surface area (Å²) in [6.07, 6.45) is 0. The fourth-order valence-electron chi connectivity index (χ4n) is 10.1. The van der Waals surface area contributed by atoms with Crippen molar-refractivity contribution in [1.29, 1.82) is 5.26 Å². The molecule has 0 aliphatic carbocycles. The number of rotatable bonds is 6. The highest BCUT2D eigenvalue weighted by atomic mass is 15.0. The molecule has 0 aliphatic rings. The molecule has 0 amide bonds. The third-order valence-corrected chi connectivity index (χ3v) is 13.2. The topological polar surface area (TPSA) is 62.5 Å². The Kier molecular flexibility index (Phi) is 8.56. The maximum atomic E-state index is 9.34. The first-order valence-corrected chi connectivity index (χ1v) is 22.2. The summed E-state index contributed by atoms with van der Waals surface area (Å²) < 4.78 is 0. The minimum absolute atomic E-state index is 0.589. The molecule has 13 rings (SSSR count). The minimum atomic E-state index is 0.589. The van der Waals surface area contributed by atoms with Gasteiger partial charge in [0.2, 0.25) is 0 Å². The van der Waals surface area contributed by atoms with E-state index in [-0.39, 0.29) is 0 Å². The van der Waals surface area contributed by atoms with Crippen molar-refractivity contribution < 1.29 is 0 Å². The zero-order valence-corrected chi connectivity index (χ0v) is 35.6. The van der Waals surface area contributed by atoms with Crippen LogP contribution < -0.4 is 0 Å². The number of nitrogens with zero attached hydrogens (tertiary/aromatic N) is 4. The highest BCUT2D eigenvalue weighted by molar-refractivity contribution is 6.37. The summed E-state index contributed by atoms with van der Waals surface area (Å²) in [5, 5.41) is 24.7. The van der Waals surface area contributed by atoms with Gasteiger partial charge < -0.3 is 0 Å². The van der Waals surface area contributed by atoms with Crippen LogP contribution in [0.4, 0.5) is 0 Å². The van der Waals surface area contributed by atoms with Crippen LogP contribution in [-0.4, -0.2) is 15.0 Å². The molecule has 66 heavy (non-hydrogen) atoms. The Hall–Kier alpha value is -9.04. The highest BCUT2D eigenvalue weighted by Crippen LogP contribution is 2.44. The molecule has 1 heterocycles. The lowest BCUT2D eigenvalue weighted by Gasteiger charge is -2.17. The minimum Gasteiger partial charge on any atom is -0.208 e. The van der Waals surface area contributed by atoms with Crippen molar-refractivity contribution in [2.24, 2.45) is 0 Å². The molecule has 0 N–H and O–H groups in total. The van der Waals surface area contributed by atoms with Crippen molar-refractivity contribution in [2.45, 2.75) is 0 Å². The number of nitriles is 1. The fraction of sp³-hybridized carbons (Fsp3) is 0. The van der Waals surface area contributed by atoms with Crippen LogP contribution in [0.1, 0.15) is 5.56 Å². The van der Waals surface area contributed by atoms with E-state index in [9.17, 15) is 5.26 Å². The van der Waals surface area contributed by atoms with Crippen LogP contribution in [0.3, 0.4) is 0 Å². The van der Waals surface area contributed by atoms with Gasteiger partial charge in [-0.1, -0.05) is 182 Å². The van der Waals surface area contributed by atoms with Gasteiger partial charge in [-0.05, 0) is 134 Å². The van der Waals surface area contributed by atoms with E-state index in [4.69, 9.17) is 15.0 Å². The molecule has 304 valence electrons. The molecule has 0 bridgehead atoms. The molecule has 0 fully saturated rings. The first-order valence-electron chi connectivity index (χ1n) is 22.2. The van der Waals surface area contributed by atoms with Crippen molar-refractivity contribution in [2.75, 3.05) is 0 Å². The van der Waals surface area contributed by atoms with Gasteiger partial charge in [0.1, 0.15) is 0 Å². The molecule has 13 aromatic rings. The molecule has 0 saturated heterocycles. The van der Waals surface area contributed by atoms with Crippen LogP contribution in [0, 0.1) is 11.3 Å². The average Bonchev–Trinajstić information content (AvgIpc) is 3.39. The van der Waals surface area contributed by atoms with Crippen LogP contribution in [0.2, 0.25) is 0 Å². The van der Waals surface area contributed by atoms with E-state index in [0.29, 0.717) is 23.0 Å². The van der Waals surface area contributed by atoms with Crippen LogP contribution in [-0.2, 0) is 0 Å². The lowest BCUT2D eigenvalue weighted by atomic mass is 9.86. The van der Waals surface area contributed by atoms with Gasteiger partial charge >= 0.3 is 0 Å². The Labute approximate surface area is 380 Å². The van der Waals surface area contributed by atoms with Crippen LogP contribution in [0.5, 0.6) is 0 Å². The predicted molar refractivity (Wildman–Crippen MR) is 273 cm³/mol. The summed E-state index contributed by atoms with van der Waals surface area (Å²) in [7, 11) is 0. The predicted octanol–water partition coefficient (Wildman–Crippen LogP) is 16.1. The van der Waals surface area contributed by atoms with Crippen molar-refractivity contribution in [3.8, 4) is 73.6 Å². The summed E-state index contributed by atoms with van der Waals surface area (Å²) in [4.78, 5) is 15.2. The molecule has 4 nitrogen and oxygen atoms in total. The van der Waals surface area contributed by atoms with Gasteiger partial charge in [0.05, 0.1) is 11.6 Å². The summed E-state index contributed by atoms with van der Waals surface area (Å²) in [6, 6.07) is 79.7. The Morgan fingerprint density at radius 2 is 0.652 bits per heavy atom. The lowest BCUT2D eigenvalue weighted by Crippen LogP contribution is -2.00. The summed E-state index contributed by atoms with van der Waals surface area (Å²) >= 11 is 0. The van der Waals surface area contributed by atoms with E-state index in [1.165, 1.54) is 70.2 Å². The lowest BCUT2D eigenvalue weighted by molar-refractivity contribution is 1.07. The van der Waals surface area contributed by atoms with Crippen molar-refractivity contribution >= 4 is 64.6 Å². The average molecular weight is 837 g/mol. The third-order valence-electron chi connectivity index (χ3n) is 13.2. The maximum Gasteiger partial charge on any atom is 0.164 e. The monoisotopic (exact) mass is 836 g/mol. The zero-order valence-electron chi connectivity index (χ0n) is 35.6. The Bertz CT molecular complexity index is 4090. The summed E-state index contributed by atoms with van der Waals surface area (Å²) in [6.45, 7) is 0. The second-order valence-electron chi connectivity index (χ2n) is 17.1. The van der Waals surface area contributed by atoms with Gasteiger partial charge in [0, 0.05) is 16.7 Å².